The number of imidazole rings is 1. The molecule has 2 fully saturated rings. The molecule has 2 aliphatic rings. The van der Waals surface area contributed by atoms with Crippen LogP contribution < -0.4 is 15.5 Å². The van der Waals surface area contributed by atoms with Gasteiger partial charge in [-0.15, -0.1) is 5.10 Å². The maximum Gasteiger partial charge on any atom is 0.252 e. The molecular formula is C19H24N10. The van der Waals surface area contributed by atoms with Crippen molar-refractivity contribution in [3.63, 3.8) is 0 Å². The number of nitrogens with one attached hydrogen (secondary N) is 3. The van der Waals surface area contributed by atoms with E-state index in [1.807, 2.05) is 19.2 Å². The first-order valence-electron chi connectivity index (χ1n) is 10.1. The van der Waals surface area contributed by atoms with E-state index in [0.29, 0.717) is 41.8 Å². The van der Waals surface area contributed by atoms with Crippen LogP contribution in [0.15, 0.2) is 18.5 Å². The summed E-state index contributed by atoms with van der Waals surface area (Å²) in [4.78, 5) is 11.2. The highest BCUT2D eigenvalue weighted by molar-refractivity contribution is 5.53. The fourth-order valence-corrected chi connectivity index (χ4v) is 4.57. The Morgan fingerprint density at radius 1 is 1.21 bits per heavy atom. The first kappa shape index (κ1) is 17.9. The zero-order chi connectivity index (χ0) is 19.8. The number of piperazine rings is 1. The number of H-pyrrole nitrogens is 1. The molecule has 1 unspecified atom stereocenters. The van der Waals surface area contributed by atoms with Crippen LogP contribution in [0.5, 0.6) is 0 Å². The highest BCUT2D eigenvalue weighted by Gasteiger charge is 2.35. The summed E-state index contributed by atoms with van der Waals surface area (Å²) in [5.41, 5.74) is 0.977. The third-order valence-electron chi connectivity index (χ3n) is 5.75. The van der Waals surface area contributed by atoms with Gasteiger partial charge in [0.15, 0.2) is 17.5 Å². The van der Waals surface area contributed by atoms with E-state index < -0.39 is 0 Å². The number of anilines is 3. The van der Waals surface area contributed by atoms with E-state index in [2.05, 4.69) is 41.8 Å². The van der Waals surface area contributed by atoms with Gasteiger partial charge >= 0.3 is 0 Å². The molecule has 2 aliphatic heterocycles. The van der Waals surface area contributed by atoms with Crippen molar-refractivity contribution in [2.75, 3.05) is 23.3 Å². The Labute approximate surface area is 168 Å². The largest absolute Gasteiger partial charge is 0.352 e. The third kappa shape index (κ3) is 3.61. The van der Waals surface area contributed by atoms with Gasteiger partial charge in [-0.05, 0) is 32.1 Å². The van der Waals surface area contributed by atoms with Gasteiger partial charge in [-0.2, -0.15) is 14.9 Å². The van der Waals surface area contributed by atoms with Gasteiger partial charge in [-0.1, -0.05) is 0 Å². The van der Waals surface area contributed by atoms with E-state index in [9.17, 15) is 0 Å². The number of fused-ring (bicyclic) bond motifs is 3. The quantitative estimate of drug-likeness (QED) is 0.600. The summed E-state index contributed by atoms with van der Waals surface area (Å²) in [5.74, 6) is 3.51. The molecule has 2 bridgehead atoms. The Kier molecular flexibility index (Phi) is 4.52. The second-order valence-electron chi connectivity index (χ2n) is 8.03. The van der Waals surface area contributed by atoms with E-state index in [1.54, 1.807) is 10.7 Å². The van der Waals surface area contributed by atoms with Crippen LogP contribution in [0.1, 0.15) is 31.4 Å². The molecule has 0 aromatic carbocycles. The van der Waals surface area contributed by atoms with Gasteiger partial charge < -0.3 is 15.5 Å². The SMILES string of the molecule is Cc1cc(Nc2cnc3ncc(N4C[C@H]5CC(CCC#N)C[C@@H](C4)N5)n3n2)n[nH]1. The smallest absolute Gasteiger partial charge is 0.252 e. The van der Waals surface area contributed by atoms with E-state index in [0.717, 1.165) is 43.9 Å². The molecular weight excluding hydrogens is 368 g/mol. The Balaban J connectivity index is 1.35. The lowest BCUT2D eigenvalue weighted by Crippen LogP contribution is -2.60. The van der Waals surface area contributed by atoms with Crippen molar-refractivity contribution < 1.29 is 0 Å². The average Bonchev–Trinajstić information content (AvgIpc) is 3.31. The van der Waals surface area contributed by atoms with Gasteiger partial charge in [0.05, 0.1) is 18.5 Å². The molecule has 29 heavy (non-hydrogen) atoms. The van der Waals surface area contributed by atoms with Crippen LogP contribution in [-0.2, 0) is 0 Å². The number of aromatic nitrogens is 6. The van der Waals surface area contributed by atoms with Crippen molar-refractivity contribution in [3.05, 3.63) is 24.2 Å². The number of rotatable bonds is 5. The summed E-state index contributed by atoms with van der Waals surface area (Å²) in [6.45, 7) is 3.77. The Bertz CT molecular complexity index is 1030. The molecule has 0 spiro atoms. The molecule has 0 amide bonds. The van der Waals surface area contributed by atoms with E-state index in [1.165, 1.54) is 0 Å². The summed E-state index contributed by atoms with van der Waals surface area (Å²) in [5, 5.41) is 27.6. The lowest BCUT2D eigenvalue weighted by atomic mass is 9.82. The first-order valence-corrected chi connectivity index (χ1v) is 10.1. The topological polar surface area (TPSA) is 123 Å². The molecule has 3 aromatic heterocycles. The number of nitrogens with zero attached hydrogens (tertiary/aromatic N) is 7. The van der Waals surface area contributed by atoms with E-state index >= 15 is 0 Å². The molecule has 2 saturated heterocycles. The Hall–Kier alpha value is -3.19. The van der Waals surface area contributed by atoms with Gasteiger partial charge in [-0.25, -0.2) is 9.97 Å². The maximum absolute atomic E-state index is 8.88. The third-order valence-corrected chi connectivity index (χ3v) is 5.75. The number of piperidine rings is 1. The van der Waals surface area contributed by atoms with E-state index in [-0.39, 0.29) is 0 Å². The first-order chi connectivity index (χ1) is 14.2. The summed E-state index contributed by atoms with van der Waals surface area (Å²) < 4.78 is 1.80. The number of aromatic amines is 1. The predicted molar refractivity (Wildman–Crippen MR) is 108 cm³/mol. The van der Waals surface area contributed by atoms with Crippen molar-refractivity contribution in [3.8, 4) is 6.07 Å². The van der Waals surface area contributed by atoms with Gasteiger partial charge in [0.2, 0.25) is 0 Å². The standard InChI is InChI=1S/C19H24N10/c1-12-5-16(26-25-12)24-17-8-21-19-22-9-18(29(19)27-17)28-10-14-6-13(3-2-4-20)7-15(11-28)23-14/h5,8-9,13-15,23H,2-3,6-7,10-11H2,1H3,(H2,24,25,26,27)/t13?,14-,15+. The van der Waals surface area contributed by atoms with Gasteiger partial charge in [0.25, 0.3) is 5.78 Å². The van der Waals surface area contributed by atoms with Crippen LogP contribution in [0.2, 0.25) is 0 Å². The number of hydrogen-bond acceptors (Lipinski definition) is 8. The molecule has 3 atom stereocenters. The number of aryl methyl sites for hydroxylation is 1. The van der Waals surface area contributed by atoms with Crippen molar-refractivity contribution in [2.45, 2.75) is 44.7 Å². The zero-order valence-corrected chi connectivity index (χ0v) is 16.3. The molecule has 5 rings (SSSR count). The minimum atomic E-state index is 0.429. The van der Waals surface area contributed by atoms with Crippen LogP contribution in [-0.4, -0.2) is 55.0 Å². The molecule has 5 heterocycles. The lowest BCUT2D eigenvalue weighted by Gasteiger charge is -2.45. The van der Waals surface area contributed by atoms with Crippen molar-refractivity contribution >= 4 is 23.2 Å². The van der Waals surface area contributed by atoms with Crippen LogP contribution in [0.3, 0.4) is 0 Å². The van der Waals surface area contributed by atoms with Crippen molar-refractivity contribution in [1.82, 2.24) is 35.1 Å². The van der Waals surface area contributed by atoms with Gasteiger partial charge in [-0.3, -0.25) is 5.10 Å². The molecule has 0 radical (unpaired) electrons. The zero-order valence-electron chi connectivity index (χ0n) is 16.3. The minimum absolute atomic E-state index is 0.429. The van der Waals surface area contributed by atoms with Gasteiger partial charge in [0, 0.05) is 43.4 Å². The molecule has 0 aliphatic carbocycles. The highest BCUT2D eigenvalue weighted by atomic mass is 15.4. The van der Waals surface area contributed by atoms with Crippen molar-refractivity contribution in [2.24, 2.45) is 5.92 Å². The van der Waals surface area contributed by atoms with Crippen LogP contribution in [0, 0.1) is 24.2 Å². The minimum Gasteiger partial charge on any atom is -0.352 e. The molecule has 150 valence electrons. The second-order valence-corrected chi connectivity index (χ2v) is 8.03. The molecule has 3 aromatic rings. The summed E-state index contributed by atoms with van der Waals surface area (Å²) in [6.07, 6.45) is 7.41. The van der Waals surface area contributed by atoms with Gasteiger partial charge in [0.1, 0.15) is 0 Å². The van der Waals surface area contributed by atoms with Crippen LogP contribution in [0.4, 0.5) is 17.5 Å². The molecule has 0 saturated carbocycles. The Morgan fingerprint density at radius 3 is 2.72 bits per heavy atom. The number of hydrogen-bond donors (Lipinski definition) is 3. The fraction of sp³-hybridized carbons (Fsp3) is 0.526. The average molecular weight is 392 g/mol. The highest BCUT2D eigenvalue weighted by Crippen LogP contribution is 2.30. The second kappa shape index (κ2) is 7.33. The summed E-state index contributed by atoms with van der Waals surface area (Å²) in [6, 6.07) is 5.06. The normalized spacial score (nSPS) is 23.9. The predicted octanol–water partition coefficient (Wildman–Crippen LogP) is 1.76. The maximum atomic E-state index is 8.88. The van der Waals surface area contributed by atoms with Crippen molar-refractivity contribution in [1.29, 1.82) is 5.26 Å². The molecule has 3 N–H and O–H groups in total. The van der Waals surface area contributed by atoms with Crippen LogP contribution >= 0.6 is 0 Å². The number of nitriles is 1. The monoisotopic (exact) mass is 392 g/mol. The van der Waals surface area contributed by atoms with E-state index in [4.69, 9.17) is 10.4 Å². The molecule has 10 heteroatoms. The molecule has 10 nitrogen and oxygen atoms in total. The lowest BCUT2D eigenvalue weighted by molar-refractivity contribution is 0.208. The fourth-order valence-electron chi connectivity index (χ4n) is 4.57. The Morgan fingerprint density at radius 2 is 2.00 bits per heavy atom. The summed E-state index contributed by atoms with van der Waals surface area (Å²) in [7, 11) is 0. The summed E-state index contributed by atoms with van der Waals surface area (Å²) >= 11 is 0. The van der Waals surface area contributed by atoms with Crippen LogP contribution in [0.25, 0.3) is 5.78 Å².